The van der Waals surface area contributed by atoms with Gasteiger partial charge in [-0.05, 0) is 19.3 Å². The number of rotatable bonds is 3. The molecule has 0 saturated heterocycles. The number of aromatic nitrogens is 2. The van der Waals surface area contributed by atoms with Crippen molar-refractivity contribution in [2.24, 2.45) is 11.1 Å². The molecule has 0 unspecified atom stereocenters. The fourth-order valence-corrected chi connectivity index (χ4v) is 1.73. The Morgan fingerprint density at radius 1 is 1.50 bits per heavy atom. The highest BCUT2D eigenvalue weighted by Gasteiger charge is 2.39. The van der Waals surface area contributed by atoms with Crippen molar-refractivity contribution in [3.63, 3.8) is 0 Å². The van der Waals surface area contributed by atoms with Crippen LogP contribution in [0.3, 0.4) is 0 Å². The number of carbonyl (C=O) groups excluding carboxylic acids is 1. The van der Waals surface area contributed by atoms with Crippen LogP contribution in [0.25, 0.3) is 0 Å². The number of hydrogen-bond acceptors (Lipinski definition) is 5. The van der Waals surface area contributed by atoms with Crippen molar-refractivity contribution in [3.8, 4) is 0 Å². The average Bonchev–Trinajstić information content (AvgIpc) is 2.70. The van der Waals surface area contributed by atoms with Gasteiger partial charge in [0, 0.05) is 5.41 Å². The Hall–Kier alpha value is -1.43. The summed E-state index contributed by atoms with van der Waals surface area (Å²) >= 11 is 0. The number of hydrogen-bond donors (Lipinski definition) is 2. The second-order valence-electron chi connectivity index (χ2n) is 5.95. The van der Waals surface area contributed by atoms with Gasteiger partial charge < -0.3 is 15.6 Å². The van der Waals surface area contributed by atoms with Gasteiger partial charge in [-0.3, -0.25) is 4.79 Å². The van der Waals surface area contributed by atoms with Crippen molar-refractivity contribution < 1.29 is 9.32 Å². The molecule has 0 atom stereocenters. The minimum absolute atomic E-state index is 0.0478. The van der Waals surface area contributed by atoms with Gasteiger partial charge in [0.05, 0.1) is 12.1 Å². The van der Waals surface area contributed by atoms with E-state index in [4.69, 9.17) is 10.3 Å². The van der Waals surface area contributed by atoms with Crippen molar-refractivity contribution in [3.05, 3.63) is 11.7 Å². The maximum Gasteiger partial charge on any atom is 0.246 e. The molecule has 1 aromatic heterocycles. The predicted octanol–water partition coefficient (Wildman–Crippen LogP) is 1.07. The van der Waals surface area contributed by atoms with Crippen molar-refractivity contribution in [1.29, 1.82) is 0 Å². The van der Waals surface area contributed by atoms with Crippen LogP contribution in [0.15, 0.2) is 4.52 Å². The van der Waals surface area contributed by atoms with Crippen molar-refractivity contribution in [2.45, 2.75) is 52.1 Å². The van der Waals surface area contributed by atoms with Crippen LogP contribution in [-0.4, -0.2) is 16.0 Å². The van der Waals surface area contributed by atoms with E-state index >= 15 is 0 Å². The molecule has 18 heavy (non-hydrogen) atoms. The molecule has 1 heterocycles. The van der Waals surface area contributed by atoms with Gasteiger partial charge in [0.2, 0.25) is 11.8 Å². The van der Waals surface area contributed by atoms with E-state index in [9.17, 15) is 4.79 Å². The highest BCUT2D eigenvalue weighted by Crippen LogP contribution is 2.36. The topological polar surface area (TPSA) is 94.0 Å². The molecule has 1 saturated carbocycles. The maximum absolute atomic E-state index is 11.7. The van der Waals surface area contributed by atoms with E-state index in [-0.39, 0.29) is 12.5 Å². The molecule has 3 N–H and O–H groups in total. The minimum Gasteiger partial charge on any atom is -0.347 e. The predicted molar refractivity (Wildman–Crippen MR) is 65.3 cm³/mol. The first kappa shape index (κ1) is 13.0. The Bertz CT molecular complexity index is 443. The first-order valence-corrected chi connectivity index (χ1v) is 6.21. The lowest BCUT2D eigenvalue weighted by Crippen LogP contribution is -2.44. The Morgan fingerprint density at radius 2 is 2.17 bits per heavy atom. The minimum atomic E-state index is -0.425. The summed E-state index contributed by atoms with van der Waals surface area (Å²) in [6, 6.07) is 0. The fraction of sp³-hybridized carbons (Fsp3) is 0.750. The summed E-state index contributed by atoms with van der Waals surface area (Å²) in [5.74, 6) is 0.904. The van der Waals surface area contributed by atoms with Crippen LogP contribution < -0.4 is 11.1 Å². The molecule has 0 aromatic carbocycles. The Morgan fingerprint density at radius 3 is 2.67 bits per heavy atom. The summed E-state index contributed by atoms with van der Waals surface area (Å²) in [6.07, 6.45) is 2.88. The summed E-state index contributed by atoms with van der Waals surface area (Å²) in [5, 5.41) is 6.65. The molecule has 1 aliphatic carbocycles. The van der Waals surface area contributed by atoms with E-state index in [1.54, 1.807) is 0 Å². The molecular formula is C12H20N4O2. The molecule has 0 bridgehead atoms. The lowest BCUT2D eigenvalue weighted by atomic mass is 9.77. The van der Waals surface area contributed by atoms with Gasteiger partial charge in [0.25, 0.3) is 0 Å². The molecule has 0 aliphatic heterocycles. The molecule has 1 amide bonds. The highest BCUT2D eigenvalue weighted by molar-refractivity contribution is 5.81. The maximum atomic E-state index is 11.7. The summed E-state index contributed by atoms with van der Waals surface area (Å²) in [7, 11) is 0. The molecule has 1 aromatic rings. The first-order valence-electron chi connectivity index (χ1n) is 6.21. The normalized spacial score (nSPS) is 18.2. The van der Waals surface area contributed by atoms with Gasteiger partial charge in [-0.25, -0.2) is 0 Å². The van der Waals surface area contributed by atoms with Gasteiger partial charge in [-0.1, -0.05) is 25.9 Å². The monoisotopic (exact) mass is 252 g/mol. The summed E-state index contributed by atoms with van der Waals surface area (Å²) in [6.45, 7) is 5.81. The third-order valence-corrected chi connectivity index (χ3v) is 3.24. The Kier molecular flexibility index (Phi) is 3.14. The highest BCUT2D eigenvalue weighted by atomic mass is 16.5. The van der Waals surface area contributed by atoms with Crippen molar-refractivity contribution >= 4 is 5.91 Å². The van der Waals surface area contributed by atoms with Crippen molar-refractivity contribution in [2.75, 3.05) is 0 Å². The largest absolute Gasteiger partial charge is 0.347 e. The van der Waals surface area contributed by atoms with E-state index in [0.29, 0.717) is 11.7 Å². The molecule has 100 valence electrons. The molecule has 6 nitrogen and oxygen atoms in total. The number of nitrogens with one attached hydrogen (secondary N) is 1. The van der Waals surface area contributed by atoms with Crippen LogP contribution in [0.5, 0.6) is 0 Å². The van der Waals surface area contributed by atoms with E-state index in [0.717, 1.165) is 19.3 Å². The van der Waals surface area contributed by atoms with E-state index in [1.165, 1.54) is 0 Å². The van der Waals surface area contributed by atoms with E-state index in [2.05, 4.69) is 15.5 Å². The van der Waals surface area contributed by atoms with Gasteiger partial charge in [-0.15, -0.1) is 0 Å². The van der Waals surface area contributed by atoms with E-state index in [1.807, 2.05) is 20.8 Å². The zero-order chi connectivity index (χ0) is 13.4. The van der Waals surface area contributed by atoms with E-state index < -0.39 is 11.0 Å². The molecule has 0 radical (unpaired) electrons. The molecule has 1 aliphatic rings. The zero-order valence-electron chi connectivity index (χ0n) is 11.1. The van der Waals surface area contributed by atoms with Crippen molar-refractivity contribution in [1.82, 2.24) is 15.5 Å². The molecule has 6 heteroatoms. The lowest BCUT2D eigenvalue weighted by molar-refractivity contribution is -0.128. The smallest absolute Gasteiger partial charge is 0.246 e. The SMILES string of the molecule is CC(C)(C)C(=O)NCc1nc(C2(N)CCC2)no1. The third kappa shape index (κ3) is 2.53. The van der Waals surface area contributed by atoms with Gasteiger partial charge in [-0.2, -0.15) is 4.98 Å². The third-order valence-electron chi connectivity index (χ3n) is 3.24. The molecule has 2 rings (SSSR count). The average molecular weight is 252 g/mol. The van der Waals surface area contributed by atoms with Crippen LogP contribution in [-0.2, 0) is 16.9 Å². The molecule has 1 fully saturated rings. The number of nitrogens with two attached hydrogens (primary N) is 1. The van der Waals surface area contributed by atoms with Crippen LogP contribution in [0.2, 0.25) is 0 Å². The number of amides is 1. The summed E-state index contributed by atoms with van der Waals surface area (Å²) in [5.41, 5.74) is 5.24. The first-order chi connectivity index (χ1) is 8.31. The number of nitrogens with zero attached hydrogens (tertiary/aromatic N) is 2. The zero-order valence-corrected chi connectivity index (χ0v) is 11.1. The second-order valence-corrected chi connectivity index (χ2v) is 5.95. The molecular weight excluding hydrogens is 232 g/mol. The van der Waals surface area contributed by atoms with Gasteiger partial charge in [0.1, 0.15) is 0 Å². The summed E-state index contributed by atoms with van der Waals surface area (Å²) < 4.78 is 5.09. The van der Waals surface area contributed by atoms with Gasteiger partial charge >= 0.3 is 0 Å². The fourth-order valence-electron chi connectivity index (χ4n) is 1.73. The standard InChI is InChI=1S/C12H20N4O2/c1-11(2,3)10(17)14-7-8-15-9(16-18-8)12(13)5-4-6-12/h4-7,13H2,1-3H3,(H,14,17). The number of carbonyl (C=O) groups is 1. The molecule has 0 spiro atoms. The van der Waals surface area contributed by atoms with Crippen LogP contribution in [0.4, 0.5) is 0 Å². The van der Waals surface area contributed by atoms with Crippen LogP contribution in [0, 0.1) is 5.41 Å². The van der Waals surface area contributed by atoms with Gasteiger partial charge in [0.15, 0.2) is 5.82 Å². The second kappa shape index (κ2) is 4.35. The quantitative estimate of drug-likeness (QED) is 0.839. The Labute approximate surface area is 106 Å². The lowest BCUT2D eigenvalue weighted by Gasteiger charge is -2.34. The summed E-state index contributed by atoms with van der Waals surface area (Å²) in [4.78, 5) is 15.9. The van der Waals surface area contributed by atoms with Crippen LogP contribution >= 0.6 is 0 Å². The Balaban J connectivity index is 1.93. The van der Waals surface area contributed by atoms with Crippen LogP contribution in [0.1, 0.15) is 51.7 Å².